The number of hydrogen-bond donors (Lipinski definition) is 1. The number of carbonyl (C=O) groups excluding carboxylic acids is 2. The number of nitrogens with one attached hydrogen (secondary N) is 1. The van der Waals surface area contributed by atoms with Crippen molar-refractivity contribution in [1.82, 2.24) is 9.88 Å². The second-order valence-corrected chi connectivity index (χ2v) is 8.41. The van der Waals surface area contributed by atoms with Crippen molar-refractivity contribution < 1.29 is 9.59 Å². The third-order valence-corrected chi connectivity index (χ3v) is 6.65. The summed E-state index contributed by atoms with van der Waals surface area (Å²) in [7, 11) is 0. The van der Waals surface area contributed by atoms with Gasteiger partial charge < -0.3 is 10.2 Å². The van der Waals surface area contributed by atoms with E-state index in [1.807, 2.05) is 71.6 Å². The molecule has 5 rings (SSSR count). The van der Waals surface area contributed by atoms with Crippen molar-refractivity contribution >= 4 is 17.6 Å². The SMILES string of the molecule is O=C(Nc1ccccn1)C1c2ccccc2C(=O)N(Cc2ccccc2)C12CCCC2. The first kappa shape index (κ1) is 19.5. The molecule has 2 heterocycles. The van der Waals surface area contributed by atoms with Crippen LogP contribution in [0.5, 0.6) is 0 Å². The number of benzene rings is 2. The monoisotopic (exact) mass is 411 g/mol. The van der Waals surface area contributed by atoms with E-state index in [0.717, 1.165) is 36.8 Å². The van der Waals surface area contributed by atoms with Gasteiger partial charge in [-0.1, -0.05) is 67.4 Å². The van der Waals surface area contributed by atoms with E-state index in [1.54, 1.807) is 12.3 Å². The normalized spacial score (nSPS) is 19.3. The molecular formula is C26H25N3O2. The van der Waals surface area contributed by atoms with Gasteiger partial charge in [-0.25, -0.2) is 4.98 Å². The topological polar surface area (TPSA) is 62.3 Å². The Hall–Kier alpha value is -3.47. The molecule has 1 fully saturated rings. The molecule has 156 valence electrons. The molecular weight excluding hydrogens is 386 g/mol. The van der Waals surface area contributed by atoms with Crippen LogP contribution in [0.3, 0.4) is 0 Å². The zero-order valence-corrected chi connectivity index (χ0v) is 17.3. The fraction of sp³-hybridized carbons (Fsp3) is 0.269. The Bertz CT molecular complexity index is 1090. The first-order valence-electron chi connectivity index (χ1n) is 10.9. The first-order chi connectivity index (χ1) is 15.2. The maximum atomic E-state index is 13.7. The van der Waals surface area contributed by atoms with Gasteiger partial charge in [0.25, 0.3) is 5.91 Å². The molecule has 1 aromatic heterocycles. The van der Waals surface area contributed by atoms with Crippen LogP contribution in [0.1, 0.15) is 53.1 Å². The Morgan fingerprint density at radius 1 is 0.968 bits per heavy atom. The Morgan fingerprint density at radius 2 is 1.68 bits per heavy atom. The second-order valence-electron chi connectivity index (χ2n) is 8.41. The lowest BCUT2D eigenvalue weighted by Crippen LogP contribution is -2.59. The van der Waals surface area contributed by atoms with Crippen molar-refractivity contribution in [2.75, 3.05) is 5.32 Å². The molecule has 0 radical (unpaired) electrons. The molecule has 5 heteroatoms. The van der Waals surface area contributed by atoms with Crippen LogP contribution in [0.25, 0.3) is 0 Å². The van der Waals surface area contributed by atoms with Gasteiger partial charge in [-0.2, -0.15) is 0 Å². The molecule has 1 spiro atoms. The van der Waals surface area contributed by atoms with Gasteiger partial charge in [0.05, 0.1) is 11.5 Å². The minimum atomic E-state index is -0.528. The summed E-state index contributed by atoms with van der Waals surface area (Å²) in [5, 5.41) is 3.01. The van der Waals surface area contributed by atoms with E-state index in [1.165, 1.54) is 0 Å². The third kappa shape index (κ3) is 3.40. The van der Waals surface area contributed by atoms with Gasteiger partial charge in [0, 0.05) is 18.3 Å². The number of anilines is 1. The van der Waals surface area contributed by atoms with E-state index in [4.69, 9.17) is 0 Å². The van der Waals surface area contributed by atoms with Gasteiger partial charge in [-0.05, 0) is 42.2 Å². The van der Waals surface area contributed by atoms with Gasteiger partial charge in [-0.3, -0.25) is 9.59 Å². The van der Waals surface area contributed by atoms with Crippen LogP contribution in [0.15, 0.2) is 79.0 Å². The summed E-state index contributed by atoms with van der Waals surface area (Å²) in [5.41, 5.74) is 2.00. The van der Waals surface area contributed by atoms with Crippen LogP contribution >= 0.6 is 0 Å². The van der Waals surface area contributed by atoms with Crippen LogP contribution < -0.4 is 5.32 Å². The minimum Gasteiger partial charge on any atom is -0.327 e. The third-order valence-electron chi connectivity index (χ3n) is 6.65. The van der Waals surface area contributed by atoms with Gasteiger partial charge >= 0.3 is 0 Å². The van der Waals surface area contributed by atoms with Crippen LogP contribution in [-0.4, -0.2) is 27.2 Å². The van der Waals surface area contributed by atoms with Gasteiger partial charge in [0.15, 0.2) is 0 Å². The fourth-order valence-electron chi connectivity index (χ4n) is 5.30. The van der Waals surface area contributed by atoms with E-state index in [-0.39, 0.29) is 11.8 Å². The molecule has 0 saturated heterocycles. The molecule has 5 nitrogen and oxygen atoms in total. The molecule has 1 saturated carbocycles. The predicted molar refractivity (Wildman–Crippen MR) is 120 cm³/mol. The largest absolute Gasteiger partial charge is 0.327 e. The van der Waals surface area contributed by atoms with Crippen LogP contribution in [0.2, 0.25) is 0 Å². The van der Waals surface area contributed by atoms with Crippen molar-refractivity contribution in [3.63, 3.8) is 0 Å². The molecule has 0 bridgehead atoms. The minimum absolute atomic E-state index is 0.0169. The number of pyridine rings is 1. The standard InChI is InChI=1S/C26H25N3O2/c30-24(28-22-14-6-9-17-27-22)23-20-12-4-5-13-21(20)25(31)29(26(23)15-7-8-16-26)18-19-10-2-1-3-11-19/h1-6,9-14,17,23H,7-8,15-16,18H2,(H,27,28,30). The number of fused-ring (bicyclic) bond motifs is 1. The number of nitrogens with zero attached hydrogens (tertiary/aromatic N) is 2. The Kier molecular flexibility index (Phi) is 5.02. The van der Waals surface area contributed by atoms with Crippen molar-refractivity contribution in [3.8, 4) is 0 Å². The molecule has 1 aliphatic heterocycles. The summed E-state index contributed by atoms with van der Waals surface area (Å²) in [6.45, 7) is 0.501. The smallest absolute Gasteiger partial charge is 0.254 e. The van der Waals surface area contributed by atoms with E-state index >= 15 is 0 Å². The van der Waals surface area contributed by atoms with Gasteiger partial charge in [-0.15, -0.1) is 0 Å². The highest BCUT2D eigenvalue weighted by atomic mass is 16.2. The zero-order valence-electron chi connectivity index (χ0n) is 17.3. The maximum Gasteiger partial charge on any atom is 0.254 e. The number of rotatable bonds is 4. The van der Waals surface area contributed by atoms with Crippen LogP contribution in [0.4, 0.5) is 5.82 Å². The Labute approximate surface area is 182 Å². The summed E-state index contributed by atoms with van der Waals surface area (Å²) in [6, 6.07) is 23.1. The Balaban J connectivity index is 1.61. The molecule has 1 N–H and O–H groups in total. The molecule has 1 unspecified atom stereocenters. The average molecular weight is 412 g/mol. The summed E-state index contributed by atoms with van der Waals surface area (Å²) < 4.78 is 0. The van der Waals surface area contributed by atoms with E-state index in [0.29, 0.717) is 17.9 Å². The fourth-order valence-corrected chi connectivity index (χ4v) is 5.30. The number of aromatic nitrogens is 1. The number of carbonyl (C=O) groups is 2. The van der Waals surface area contributed by atoms with Crippen molar-refractivity contribution in [2.45, 2.75) is 43.7 Å². The Morgan fingerprint density at radius 3 is 2.42 bits per heavy atom. The molecule has 2 amide bonds. The lowest BCUT2D eigenvalue weighted by molar-refractivity contribution is -0.121. The molecule has 1 aliphatic carbocycles. The molecule has 2 aliphatic rings. The van der Waals surface area contributed by atoms with Crippen LogP contribution in [0, 0.1) is 0 Å². The van der Waals surface area contributed by atoms with E-state index in [9.17, 15) is 9.59 Å². The van der Waals surface area contributed by atoms with Gasteiger partial charge in [0.2, 0.25) is 5.91 Å². The highest BCUT2D eigenvalue weighted by molar-refractivity contribution is 6.04. The quantitative estimate of drug-likeness (QED) is 0.672. The van der Waals surface area contributed by atoms with Gasteiger partial charge in [0.1, 0.15) is 5.82 Å². The highest BCUT2D eigenvalue weighted by Gasteiger charge is 2.55. The molecule has 3 aromatic rings. The lowest BCUT2D eigenvalue weighted by atomic mass is 9.71. The van der Waals surface area contributed by atoms with Crippen molar-refractivity contribution in [2.24, 2.45) is 0 Å². The zero-order chi connectivity index (χ0) is 21.3. The molecule has 2 aromatic carbocycles. The van der Waals surface area contributed by atoms with Crippen molar-refractivity contribution in [3.05, 3.63) is 95.7 Å². The second kappa shape index (κ2) is 7.99. The molecule has 31 heavy (non-hydrogen) atoms. The summed E-state index contributed by atoms with van der Waals surface area (Å²) >= 11 is 0. The summed E-state index contributed by atoms with van der Waals surface area (Å²) in [5.74, 6) is 0.0149. The lowest BCUT2D eigenvalue weighted by Gasteiger charge is -2.50. The van der Waals surface area contributed by atoms with E-state index < -0.39 is 11.5 Å². The average Bonchev–Trinajstić information content (AvgIpc) is 3.28. The highest BCUT2D eigenvalue weighted by Crippen LogP contribution is 2.51. The predicted octanol–water partition coefficient (Wildman–Crippen LogP) is 4.77. The molecule has 1 atom stereocenters. The first-order valence-corrected chi connectivity index (χ1v) is 10.9. The van der Waals surface area contributed by atoms with E-state index in [2.05, 4.69) is 10.3 Å². The van der Waals surface area contributed by atoms with Crippen molar-refractivity contribution in [1.29, 1.82) is 0 Å². The maximum absolute atomic E-state index is 13.7. The summed E-state index contributed by atoms with van der Waals surface area (Å²) in [4.78, 5) is 33.6. The number of hydrogen-bond acceptors (Lipinski definition) is 3. The summed E-state index contributed by atoms with van der Waals surface area (Å²) in [6.07, 6.45) is 5.32. The van der Waals surface area contributed by atoms with Crippen LogP contribution in [-0.2, 0) is 11.3 Å². The number of amides is 2.